The highest BCUT2D eigenvalue weighted by molar-refractivity contribution is 7.89. The number of hydrogen-bond donors (Lipinski definition) is 3. The van der Waals surface area contributed by atoms with Crippen LogP contribution >= 0.6 is 0 Å². The van der Waals surface area contributed by atoms with Crippen molar-refractivity contribution in [3.05, 3.63) is 29.6 Å². The van der Waals surface area contributed by atoms with Crippen LogP contribution in [0, 0.1) is 5.82 Å². The van der Waals surface area contributed by atoms with Crippen LogP contribution in [0.15, 0.2) is 23.1 Å². The lowest BCUT2D eigenvalue weighted by Crippen LogP contribution is -2.28. The Morgan fingerprint density at radius 3 is 2.71 bits per heavy atom. The van der Waals surface area contributed by atoms with Crippen molar-refractivity contribution in [2.24, 2.45) is 0 Å². The lowest BCUT2D eigenvalue weighted by molar-refractivity contribution is 0.0951. The Morgan fingerprint density at radius 2 is 2.10 bits per heavy atom. The molecule has 1 aromatic carbocycles. The molecule has 0 heterocycles. The number of benzene rings is 1. The van der Waals surface area contributed by atoms with Gasteiger partial charge in [0, 0.05) is 24.8 Å². The Bertz CT molecular complexity index is 629. The summed E-state index contributed by atoms with van der Waals surface area (Å²) < 4.78 is 40.1. The summed E-state index contributed by atoms with van der Waals surface area (Å²) in [4.78, 5) is 11.3. The van der Waals surface area contributed by atoms with E-state index in [4.69, 9.17) is 5.11 Å². The molecule has 0 unspecified atom stereocenters. The van der Waals surface area contributed by atoms with Crippen molar-refractivity contribution in [1.29, 1.82) is 0 Å². The summed E-state index contributed by atoms with van der Waals surface area (Å²) in [5, 5.41) is 11.2. The van der Waals surface area contributed by atoms with Crippen molar-refractivity contribution in [1.82, 2.24) is 10.0 Å². The van der Waals surface area contributed by atoms with E-state index in [0.717, 1.165) is 25.0 Å². The van der Waals surface area contributed by atoms with Gasteiger partial charge >= 0.3 is 0 Å². The number of aliphatic hydroxyl groups is 1. The molecule has 0 spiro atoms. The number of carbonyl (C=O) groups is 1. The van der Waals surface area contributed by atoms with Gasteiger partial charge in [0.25, 0.3) is 5.91 Å². The quantitative estimate of drug-likeness (QED) is 0.634. The third-order valence-electron chi connectivity index (χ3n) is 3.00. The van der Waals surface area contributed by atoms with Gasteiger partial charge < -0.3 is 10.4 Å². The average molecular weight is 316 g/mol. The van der Waals surface area contributed by atoms with Gasteiger partial charge in [-0.3, -0.25) is 4.79 Å². The SMILES string of the molecule is O=C(NCCCO)c1ccc(F)c(S(=O)(=O)NC2CC2)c1. The van der Waals surface area contributed by atoms with Crippen molar-refractivity contribution in [3.63, 3.8) is 0 Å². The van der Waals surface area contributed by atoms with Gasteiger partial charge in [-0.1, -0.05) is 0 Å². The van der Waals surface area contributed by atoms with Crippen LogP contribution in [0.5, 0.6) is 0 Å². The van der Waals surface area contributed by atoms with E-state index in [2.05, 4.69) is 10.0 Å². The third kappa shape index (κ3) is 4.23. The summed E-state index contributed by atoms with van der Waals surface area (Å²) in [7, 11) is -3.95. The molecular formula is C13H17FN2O4S. The smallest absolute Gasteiger partial charge is 0.251 e. The number of amides is 1. The molecule has 2 rings (SSSR count). The Labute approximate surface area is 122 Å². The van der Waals surface area contributed by atoms with E-state index in [0.29, 0.717) is 6.42 Å². The molecule has 1 aromatic rings. The molecule has 1 saturated carbocycles. The van der Waals surface area contributed by atoms with Gasteiger partial charge in [-0.2, -0.15) is 0 Å². The Balaban J connectivity index is 2.18. The second kappa shape index (κ2) is 6.50. The number of hydrogen-bond acceptors (Lipinski definition) is 4. The van der Waals surface area contributed by atoms with Gasteiger partial charge in [0.1, 0.15) is 10.7 Å². The minimum Gasteiger partial charge on any atom is -0.396 e. The molecule has 1 aliphatic rings. The first-order chi connectivity index (χ1) is 9.94. The van der Waals surface area contributed by atoms with Crippen molar-refractivity contribution >= 4 is 15.9 Å². The zero-order chi connectivity index (χ0) is 15.5. The van der Waals surface area contributed by atoms with E-state index in [1.165, 1.54) is 6.07 Å². The second-order valence-corrected chi connectivity index (χ2v) is 6.56. The number of nitrogens with one attached hydrogen (secondary N) is 2. The molecule has 0 aromatic heterocycles. The summed E-state index contributed by atoms with van der Waals surface area (Å²) in [6.45, 7) is 0.198. The molecule has 3 N–H and O–H groups in total. The molecule has 116 valence electrons. The number of rotatable bonds is 7. The maximum atomic E-state index is 13.7. The standard InChI is InChI=1S/C13H17FN2O4S/c14-11-5-2-9(13(18)15-6-1-7-17)8-12(11)21(19,20)16-10-3-4-10/h2,5,8,10,16-17H,1,3-4,6-7H2,(H,15,18). The summed E-state index contributed by atoms with van der Waals surface area (Å²) in [5.41, 5.74) is 0.0607. The maximum absolute atomic E-state index is 13.7. The fourth-order valence-corrected chi connectivity index (χ4v) is 3.13. The molecule has 1 amide bonds. The molecule has 0 atom stereocenters. The van der Waals surface area contributed by atoms with Gasteiger partial charge in [-0.25, -0.2) is 17.5 Å². The molecule has 1 fully saturated rings. The van der Waals surface area contributed by atoms with Crippen LogP contribution in [0.3, 0.4) is 0 Å². The predicted molar refractivity (Wildman–Crippen MR) is 73.8 cm³/mol. The Kier molecular flexibility index (Phi) is 4.92. The van der Waals surface area contributed by atoms with E-state index >= 15 is 0 Å². The van der Waals surface area contributed by atoms with Crippen molar-refractivity contribution in [2.75, 3.05) is 13.2 Å². The van der Waals surface area contributed by atoms with Crippen molar-refractivity contribution in [3.8, 4) is 0 Å². The number of halogens is 1. The molecular weight excluding hydrogens is 299 g/mol. The van der Waals surface area contributed by atoms with E-state index < -0.39 is 26.6 Å². The van der Waals surface area contributed by atoms with Crippen LogP contribution in [-0.4, -0.2) is 38.6 Å². The van der Waals surface area contributed by atoms with Crippen molar-refractivity contribution in [2.45, 2.75) is 30.2 Å². The van der Waals surface area contributed by atoms with E-state index in [1.807, 2.05) is 0 Å². The lowest BCUT2D eigenvalue weighted by Gasteiger charge is -2.09. The van der Waals surface area contributed by atoms with Gasteiger partial charge in [0.15, 0.2) is 0 Å². The van der Waals surface area contributed by atoms with Crippen molar-refractivity contribution < 1.29 is 22.7 Å². The number of sulfonamides is 1. The fourth-order valence-electron chi connectivity index (χ4n) is 1.72. The zero-order valence-electron chi connectivity index (χ0n) is 11.3. The minimum absolute atomic E-state index is 0.0607. The monoisotopic (exact) mass is 316 g/mol. The lowest BCUT2D eigenvalue weighted by atomic mass is 10.2. The van der Waals surface area contributed by atoms with E-state index in [-0.39, 0.29) is 24.8 Å². The number of aliphatic hydroxyl groups excluding tert-OH is 1. The summed E-state index contributed by atoms with van der Waals surface area (Å²) in [6.07, 6.45) is 1.87. The average Bonchev–Trinajstić information content (AvgIpc) is 3.22. The molecule has 0 aliphatic heterocycles. The Hall–Kier alpha value is -1.51. The molecule has 1 aliphatic carbocycles. The van der Waals surface area contributed by atoms with Crippen LogP contribution in [0.2, 0.25) is 0 Å². The van der Waals surface area contributed by atoms with Gasteiger partial charge in [-0.05, 0) is 37.5 Å². The predicted octanol–water partition coefficient (Wildman–Crippen LogP) is 0.379. The summed E-state index contributed by atoms with van der Waals surface area (Å²) >= 11 is 0. The largest absolute Gasteiger partial charge is 0.396 e. The minimum atomic E-state index is -3.95. The van der Waals surface area contributed by atoms with Gasteiger partial charge in [0.2, 0.25) is 10.0 Å². The molecule has 21 heavy (non-hydrogen) atoms. The summed E-state index contributed by atoms with van der Waals surface area (Å²) in [5.74, 6) is -1.40. The normalized spacial score (nSPS) is 15.0. The van der Waals surface area contributed by atoms with Crippen LogP contribution in [0.4, 0.5) is 4.39 Å². The molecule has 0 bridgehead atoms. The molecule has 0 saturated heterocycles. The molecule has 6 nitrogen and oxygen atoms in total. The highest BCUT2D eigenvalue weighted by Crippen LogP contribution is 2.23. The number of carbonyl (C=O) groups excluding carboxylic acids is 1. The third-order valence-corrected chi connectivity index (χ3v) is 4.54. The summed E-state index contributed by atoms with van der Waals surface area (Å²) in [6, 6.07) is 3.06. The first-order valence-corrected chi connectivity index (χ1v) is 8.13. The maximum Gasteiger partial charge on any atom is 0.251 e. The zero-order valence-corrected chi connectivity index (χ0v) is 12.1. The van der Waals surface area contributed by atoms with Crippen LogP contribution in [-0.2, 0) is 10.0 Å². The van der Waals surface area contributed by atoms with Gasteiger partial charge in [-0.15, -0.1) is 0 Å². The van der Waals surface area contributed by atoms with E-state index in [1.54, 1.807) is 0 Å². The first kappa shape index (κ1) is 15.9. The van der Waals surface area contributed by atoms with Crippen LogP contribution < -0.4 is 10.0 Å². The van der Waals surface area contributed by atoms with Crippen LogP contribution in [0.25, 0.3) is 0 Å². The highest BCUT2D eigenvalue weighted by atomic mass is 32.2. The fraction of sp³-hybridized carbons (Fsp3) is 0.462. The van der Waals surface area contributed by atoms with Crippen LogP contribution in [0.1, 0.15) is 29.6 Å². The Morgan fingerprint density at radius 1 is 1.38 bits per heavy atom. The van der Waals surface area contributed by atoms with Gasteiger partial charge in [0.05, 0.1) is 0 Å². The highest BCUT2D eigenvalue weighted by Gasteiger charge is 2.30. The van der Waals surface area contributed by atoms with E-state index in [9.17, 15) is 17.6 Å². The molecule has 8 heteroatoms. The second-order valence-electron chi connectivity index (χ2n) is 4.87. The topological polar surface area (TPSA) is 95.5 Å². The molecule has 0 radical (unpaired) electrons. The first-order valence-electron chi connectivity index (χ1n) is 6.65.